The Bertz CT molecular complexity index is 586. The Morgan fingerprint density at radius 1 is 1.45 bits per heavy atom. The van der Waals surface area contributed by atoms with Gasteiger partial charge in [-0.25, -0.2) is 17.9 Å². The fraction of sp³-hybridized carbons (Fsp3) is 0.417. The maximum absolute atomic E-state index is 11.7. The van der Waals surface area contributed by atoms with Gasteiger partial charge in [0.2, 0.25) is 10.0 Å². The Hall–Kier alpha value is -1.80. The fourth-order valence-corrected chi connectivity index (χ4v) is 2.26. The van der Waals surface area contributed by atoms with Gasteiger partial charge in [-0.3, -0.25) is 0 Å². The number of esters is 1. The van der Waals surface area contributed by atoms with Crippen molar-refractivity contribution in [1.29, 1.82) is 0 Å². The highest BCUT2D eigenvalue weighted by molar-refractivity contribution is 7.89. The van der Waals surface area contributed by atoms with Gasteiger partial charge in [-0.1, -0.05) is 0 Å². The van der Waals surface area contributed by atoms with Gasteiger partial charge in [0.25, 0.3) is 0 Å². The predicted molar refractivity (Wildman–Crippen MR) is 76.8 cm³/mol. The maximum Gasteiger partial charge on any atom is 0.328 e. The van der Waals surface area contributed by atoms with Gasteiger partial charge in [-0.05, 0) is 39.1 Å². The van der Waals surface area contributed by atoms with E-state index in [9.17, 15) is 13.2 Å². The van der Waals surface area contributed by atoms with Crippen LogP contribution < -0.4 is 15.8 Å². The van der Waals surface area contributed by atoms with Crippen LogP contribution >= 0.6 is 0 Å². The molecule has 0 aromatic heterocycles. The Kier molecular flexibility index (Phi) is 5.34. The molecule has 0 spiro atoms. The number of nitrogens with two attached hydrogens (primary N) is 1. The number of benzene rings is 1. The molecule has 1 unspecified atom stereocenters. The van der Waals surface area contributed by atoms with Crippen LogP contribution in [0.4, 0.5) is 11.4 Å². The molecule has 1 rings (SSSR count). The van der Waals surface area contributed by atoms with Crippen molar-refractivity contribution >= 4 is 27.4 Å². The summed E-state index contributed by atoms with van der Waals surface area (Å²) in [6.45, 7) is 3.59. The molecule has 0 aliphatic heterocycles. The van der Waals surface area contributed by atoms with Crippen LogP contribution in [0.3, 0.4) is 0 Å². The van der Waals surface area contributed by atoms with E-state index in [4.69, 9.17) is 10.5 Å². The highest BCUT2D eigenvalue weighted by Gasteiger charge is 2.17. The molecular formula is C12H19N3O4S. The van der Waals surface area contributed by atoms with Crippen molar-refractivity contribution in [2.75, 3.05) is 24.7 Å². The average Bonchev–Trinajstić information content (AvgIpc) is 2.41. The van der Waals surface area contributed by atoms with Crippen molar-refractivity contribution in [1.82, 2.24) is 4.72 Å². The summed E-state index contributed by atoms with van der Waals surface area (Å²) in [6.07, 6.45) is 0. The molecule has 0 radical (unpaired) electrons. The SMILES string of the molecule is CCOC(=O)C(C)Nc1cc(S(=O)(=O)NC)ccc1N. The number of carbonyl (C=O) groups excluding carboxylic acids is 1. The molecule has 0 aliphatic rings. The first-order chi connectivity index (χ1) is 9.31. The summed E-state index contributed by atoms with van der Waals surface area (Å²) in [4.78, 5) is 11.6. The van der Waals surface area contributed by atoms with Crippen molar-refractivity contribution in [3.63, 3.8) is 0 Å². The largest absolute Gasteiger partial charge is 0.464 e. The molecule has 0 saturated heterocycles. The van der Waals surface area contributed by atoms with E-state index >= 15 is 0 Å². The molecular weight excluding hydrogens is 282 g/mol. The van der Waals surface area contributed by atoms with Gasteiger partial charge in [0.05, 0.1) is 22.9 Å². The number of rotatable bonds is 6. The van der Waals surface area contributed by atoms with E-state index in [2.05, 4.69) is 10.0 Å². The number of hydrogen-bond acceptors (Lipinski definition) is 6. The predicted octanol–water partition coefficient (Wildman–Crippen LogP) is 0.540. The third kappa shape index (κ3) is 3.84. The van der Waals surface area contributed by atoms with E-state index in [0.29, 0.717) is 11.4 Å². The van der Waals surface area contributed by atoms with Crippen LogP contribution in [0, 0.1) is 0 Å². The van der Waals surface area contributed by atoms with Crippen molar-refractivity contribution in [3.8, 4) is 0 Å². The molecule has 0 aliphatic carbocycles. The molecule has 0 fully saturated rings. The van der Waals surface area contributed by atoms with Crippen LogP contribution in [0.2, 0.25) is 0 Å². The lowest BCUT2D eigenvalue weighted by atomic mass is 10.2. The van der Waals surface area contributed by atoms with E-state index in [-0.39, 0.29) is 11.5 Å². The number of carbonyl (C=O) groups is 1. The number of nitrogens with one attached hydrogen (secondary N) is 2. The topological polar surface area (TPSA) is 111 Å². The Balaban J connectivity index is 3.01. The summed E-state index contributed by atoms with van der Waals surface area (Å²) < 4.78 is 30.5. The first kappa shape index (κ1) is 16.3. The molecule has 0 amide bonds. The lowest BCUT2D eigenvalue weighted by Gasteiger charge is -2.16. The molecule has 1 aromatic rings. The highest BCUT2D eigenvalue weighted by Crippen LogP contribution is 2.23. The highest BCUT2D eigenvalue weighted by atomic mass is 32.2. The van der Waals surface area contributed by atoms with Gasteiger partial charge in [0, 0.05) is 0 Å². The second-order valence-corrected chi connectivity index (χ2v) is 5.96. The molecule has 112 valence electrons. The monoisotopic (exact) mass is 301 g/mol. The Morgan fingerprint density at radius 2 is 2.10 bits per heavy atom. The standard InChI is InChI=1S/C12H19N3O4S/c1-4-19-12(16)8(2)15-11-7-9(5-6-10(11)13)20(17,18)14-3/h5-8,14-15H,4,13H2,1-3H3. The van der Waals surface area contributed by atoms with Crippen LogP contribution in [-0.4, -0.2) is 34.1 Å². The maximum atomic E-state index is 11.7. The van der Waals surface area contributed by atoms with Crippen LogP contribution in [0.1, 0.15) is 13.8 Å². The summed E-state index contributed by atoms with van der Waals surface area (Å²) in [7, 11) is -2.25. The minimum absolute atomic E-state index is 0.0627. The van der Waals surface area contributed by atoms with Crippen LogP contribution in [-0.2, 0) is 19.6 Å². The quantitative estimate of drug-likeness (QED) is 0.522. The molecule has 0 bridgehead atoms. The van der Waals surface area contributed by atoms with Gasteiger partial charge in [0.1, 0.15) is 6.04 Å². The van der Waals surface area contributed by atoms with Gasteiger partial charge in [-0.2, -0.15) is 0 Å². The lowest BCUT2D eigenvalue weighted by Crippen LogP contribution is -2.28. The minimum atomic E-state index is -3.57. The van der Waals surface area contributed by atoms with Crippen LogP contribution in [0.15, 0.2) is 23.1 Å². The number of ether oxygens (including phenoxy) is 1. The van der Waals surface area contributed by atoms with Crippen molar-refractivity contribution in [2.45, 2.75) is 24.8 Å². The number of nitrogen functional groups attached to an aromatic ring is 1. The molecule has 1 atom stereocenters. The zero-order valence-corrected chi connectivity index (χ0v) is 12.5. The molecule has 8 heteroatoms. The van der Waals surface area contributed by atoms with Crippen LogP contribution in [0.5, 0.6) is 0 Å². The molecule has 7 nitrogen and oxygen atoms in total. The minimum Gasteiger partial charge on any atom is -0.464 e. The van der Waals surface area contributed by atoms with Gasteiger partial charge in [0.15, 0.2) is 0 Å². The number of anilines is 2. The van der Waals surface area contributed by atoms with Crippen LogP contribution in [0.25, 0.3) is 0 Å². The summed E-state index contributed by atoms with van der Waals surface area (Å²) >= 11 is 0. The molecule has 0 heterocycles. The number of sulfonamides is 1. The Labute approximate surface area is 118 Å². The zero-order chi connectivity index (χ0) is 15.3. The first-order valence-corrected chi connectivity index (χ1v) is 7.56. The van der Waals surface area contributed by atoms with Crippen molar-refractivity contribution < 1.29 is 17.9 Å². The van der Waals surface area contributed by atoms with Crippen molar-refractivity contribution in [2.24, 2.45) is 0 Å². The third-order valence-electron chi connectivity index (χ3n) is 2.62. The molecule has 20 heavy (non-hydrogen) atoms. The molecule has 4 N–H and O–H groups in total. The smallest absolute Gasteiger partial charge is 0.328 e. The average molecular weight is 301 g/mol. The van der Waals surface area contributed by atoms with E-state index in [1.807, 2.05) is 0 Å². The van der Waals surface area contributed by atoms with E-state index in [1.165, 1.54) is 25.2 Å². The molecule has 1 aromatic carbocycles. The summed E-state index contributed by atoms with van der Waals surface area (Å²) in [5.74, 6) is -0.436. The lowest BCUT2D eigenvalue weighted by molar-refractivity contribution is -0.143. The van der Waals surface area contributed by atoms with Gasteiger partial charge < -0.3 is 15.8 Å². The second kappa shape index (κ2) is 6.58. The molecule has 0 saturated carbocycles. The van der Waals surface area contributed by atoms with Gasteiger partial charge in [-0.15, -0.1) is 0 Å². The second-order valence-electron chi connectivity index (χ2n) is 4.07. The fourth-order valence-electron chi connectivity index (χ4n) is 1.50. The van der Waals surface area contributed by atoms with Gasteiger partial charge >= 0.3 is 5.97 Å². The Morgan fingerprint density at radius 3 is 2.65 bits per heavy atom. The number of hydrogen-bond donors (Lipinski definition) is 3. The first-order valence-electron chi connectivity index (χ1n) is 6.08. The zero-order valence-electron chi connectivity index (χ0n) is 11.6. The summed E-state index contributed by atoms with van der Waals surface area (Å²) in [6, 6.07) is 3.59. The summed E-state index contributed by atoms with van der Waals surface area (Å²) in [5, 5.41) is 2.84. The van der Waals surface area contributed by atoms with E-state index in [0.717, 1.165) is 0 Å². The van der Waals surface area contributed by atoms with E-state index in [1.54, 1.807) is 13.8 Å². The van der Waals surface area contributed by atoms with Crippen molar-refractivity contribution in [3.05, 3.63) is 18.2 Å². The third-order valence-corrected chi connectivity index (χ3v) is 4.03. The normalized spacial score (nSPS) is 12.8. The van der Waals surface area contributed by atoms with E-state index < -0.39 is 22.0 Å². The summed E-state index contributed by atoms with van der Waals surface area (Å²) in [5.41, 5.74) is 6.47.